The first-order valence-electron chi connectivity index (χ1n) is 20.1. The fraction of sp³-hybridized carbons (Fsp3) is 0.805. The van der Waals surface area contributed by atoms with E-state index in [9.17, 15) is 19.8 Å². The van der Waals surface area contributed by atoms with Crippen LogP contribution in [0, 0.1) is 5.92 Å². The van der Waals surface area contributed by atoms with Crippen LogP contribution in [0.1, 0.15) is 148 Å². The van der Waals surface area contributed by atoms with Gasteiger partial charge in [-0.3, -0.25) is 9.59 Å². The van der Waals surface area contributed by atoms with E-state index >= 15 is 0 Å². The maximum Gasteiger partial charge on any atom is 0.237 e. The lowest BCUT2D eigenvalue weighted by Gasteiger charge is -2.44. The predicted octanol–water partition coefficient (Wildman–Crippen LogP) is 7.05. The minimum Gasteiger partial charge on any atom is -0.388 e. The maximum absolute atomic E-state index is 13.6. The van der Waals surface area contributed by atoms with Crippen LogP contribution in [-0.2, 0) is 25.5 Å². The monoisotopic (exact) mass is 704 g/mol. The van der Waals surface area contributed by atoms with Crippen molar-refractivity contribution >= 4 is 11.8 Å². The summed E-state index contributed by atoms with van der Waals surface area (Å²) in [7, 11) is 1.43. The van der Waals surface area contributed by atoms with Gasteiger partial charge in [-0.25, -0.2) is 0 Å². The van der Waals surface area contributed by atoms with Gasteiger partial charge in [-0.2, -0.15) is 0 Å². The summed E-state index contributed by atoms with van der Waals surface area (Å²) in [5.74, 6) is -0.173. The van der Waals surface area contributed by atoms with Crippen molar-refractivity contribution in [1.82, 2.24) is 10.2 Å². The lowest BCUT2D eigenvalue weighted by molar-refractivity contribution is -0.259. The van der Waals surface area contributed by atoms with Gasteiger partial charge < -0.3 is 35.6 Å². The topological polar surface area (TPSA) is 134 Å². The number of aryl methyl sites for hydroxylation is 1. The number of hydrogen-bond acceptors (Lipinski definition) is 7. The summed E-state index contributed by atoms with van der Waals surface area (Å²) >= 11 is 0. The Labute approximate surface area is 304 Å². The summed E-state index contributed by atoms with van der Waals surface area (Å²) in [6.45, 7) is 6.89. The molecule has 0 radical (unpaired) electrons. The van der Waals surface area contributed by atoms with Gasteiger partial charge in [-0.1, -0.05) is 141 Å². The molecule has 5 N–H and O–H groups in total. The highest BCUT2D eigenvalue weighted by atomic mass is 16.7. The van der Waals surface area contributed by atoms with E-state index in [0.29, 0.717) is 19.4 Å². The van der Waals surface area contributed by atoms with Crippen LogP contribution in [0.25, 0.3) is 0 Å². The van der Waals surface area contributed by atoms with Gasteiger partial charge in [0, 0.05) is 26.6 Å². The van der Waals surface area contributed by atoms with E-state index in [-0.39, 0.29) is 18.4 Å². The molecule has 288 valence electrons. The summed E-state index contributed by atoms with van der Waals surface area (Å²) in [4.78, 5) is 28.1. The number of methoxy groups -OCH3 is 1. The molecule has 1 aromatic carbocycles. The zero-order valence-corrected chi connectivity index (χ0v) is 32.0. The van der Waals surface area contributed by atoms with E-state index in [4.69, 9.17) is 15.2 Å². The molecule has 2 rings (SSSR count). The van der Waals surface area contributed by atoms with Gasteiger partial charge in [-0.05, 0) is 43.6 Å². The molecule has 1 fully saturated rings. The predicted molar refractivity (Wildman–Crippen MR) is 203 cm³/mol. The Morgan fingerprint density at radius 2 is 1.40 bits per heavy atom. The molecule has 0 spiro atoms. The van der Waals surface area contributed by atoms with Gasteiger partial charge in [-0.15, -0.1) is 0 Å². The van der Waals surface area contributed by atoms with Crippen LogP contribution in [0.3, 0.4) is 0 Å². The average molecular weight is 704 g/mol. The molecule has 0 aliphatic carbocycles. The van der Waals surface area contributed by atoms with Crippen LogP contribution in [0.15, 0.2) is 30.3 Å². The fourth-order valence-corrected chi connectivity index (χ4v) is 6.94. The van der Waals surface area contributed by atoms with E-state index in [1.165, 1.54) is 89.7 Å². The normalized spacial score (nSPS) is 21.3. The Morgan fingerprint density at radius 1 is 0.840 bits per heavy atom. The molecule has 1 heterocycles. The molecule has 1 saturated heterocycles. The number of nitrogens with zero attached hydrogens (tertiary/aromatic N) is 1. The SMILES string of the molecule is CCCCCCCCCCCCCCCCCC(=O)N(CCCCc1ccccc1)C[C@H]1O[C@H](OC)[C@@H](NC(=O)[C@@H](N)CC(C)C)[C@@H](O)[C@@H]1O. The highest BCUT2D eigenvalue weighted by Crippen LogP contribution is 2.24. The Hall–Kier alpha value is -2.04. The zero-order chi connectivity index (χ0) is 36.6. The molecule has 1 aliphatic rings. The van der Waals surface area contributed by atoms with Crippen molar-refractivity contribution in [1.29, 1.82) is 0 Å². The third-order valence-electron chi connectivity index (χ3n) is 10.0. The molecule has 9 nitrogen and oxygen atoms in total. The number of amides is 2. The molecule has 0 aromatic heterocycles. The largest absolute Gasteiger partial charge is 0.388 e. The van der Waals surface area contributed by atoms with Crippen LogP contribution in [0.5, 0.6) is 0 Å². The quantitative estimate of drug-likeness (QED) is 0.0688. The first-order chi connectivity index (χ1) is 24.2. The summed E-state index contributed by atoms with van der Waals surface area (Å²) in [5.41, 5.74) is 7.32. The third-order valence-corrected chi connectivity index (χ3v) is 10.0. The molecule has 6 atom stereocenters. The number of nitrogens with one attached hydrogen (secondary N) is 1. The molecule has 0 bridgehead atoms. The van der Waals surface area contributed by atoms with Crippen LogP contribution in [0.2, 0.25) is 0 Å². The second-order valence-electron chi connectivity index (χ2n) is 15.0. The van der Waals surface area contributed by atoms with E-state index in [2.05, 4.69) is 24.4 Å². The van der Waals surface area contributed by atoms with Crippen molar-refractivity contribution < 1.29 is 29.3 Å². The standard InChI is InChI=1S/C41H73N3O6/c1-5-6-7-8-9-10-11-12-13-14-15-16-17-18-22-28-36(45)44(29-24-23-27-33-25-20-19-21-26-33)31-35-38(46)39(47)37(41(49-4)50-35)43-40(48)34(42)30-32(2)3/h19-21,25-26,32,34-35,37-39,41,46-47H,5-18,22-24,27-31,42H2,1-4H3,(H,43,48)/t34-,35+,37-,38+,39+,41-/m0/s1. The van der Waals surface area contributed by atoms with Gasteiger partial charge in [0.05, 0.1) is 6.04 Å². The minimum atomic E-state index is -1.35. The van der Waals surface area contributed by atoms with E-state index < -0.39 is 42.6 Å². The van der Waals surface area contributed by atoms with Gasteiger partial charge in [0.1, 0.15) is 24.4 Å². The van der Waals surface area contributed by atoms with E-state index in [1.807, 2.05) is 32.0 Å². The number of nitrogens with two attached hydrogens (primary N) is 1. The lowest BCUT2D eigenvalue weighted by Crippen LogP contribution is -2.66. The molecule has 9 heteroatoms. The van der Waals surface area contributed by atoms with Crippen molar-refractivity contribution in [3.8, 4) is 0 Å². The Morgan fingerprint density at radius 3 is 1.94 bits per heavy atom. The second kappa shape index (κ2) is 26.7. The number of hydrogen-bond donors (Lipinski definition) is 4. The number of benzene rings is 1. The molecule has 50 heavy (non-hydrogen) atoms. The van der Waals surface area contributed by atoms with Crippen molar-refractivity contribution in [3.05, 3.63) is 35.9 Å². The van der Waals surface area contributed by atoms with Crippen LogP contribution < -0.4 is 11.1 Å². The number of carbonyl (C=O) groups excluding carboxylic acids is 2. The Kier molecular flexibility index (Phi) is 23.6. The van der Waals surface area contributed by atoms with Crippen LogP contribution in [0.4, 0.5) is 0 Å². The minimum absolute atomic E-state index is 0.0359. The first-order valence-corrected chi connectivity index (χ1v) is 20.1. The molecule has 1 aliphatic heterocycles. The fourth-order valence-electron chi connectivity index (χ4n) is 6.94. The number of ether oxygens (including phenoxy) is 2. The smallest absolute Gasteiger partial charge is 0.237 e. The van der Waals surface area contributed by atoms with E-state index in [0.717, 1.165) is 38.5 Å². The average Bonchev–Trinajstić information content (AvgIpc) is 3.10. The Balaban J connectivity index is 1.83. The summed E-state index contributed by atoms with van der Waals surface area (Å²) in [5, 5.41) is 25.0. The molecule has 1 aromatic rings. The van der Waals surface area contributed by atoms with Crippen molar-refractivity contribution in [2.45, 2.75) is 186 Å². The van der Waals surface area contributed by atoms with E-state index in [1.54, 1.807) is 4.90 Å². The number of aliphatic hydroxyl groups is 2. The summed E-state index contributed by atoms with van der Waals surface area (Å²) in [6.07, 6.45) is 18.1. The first kappa shape index (κ1) is 44.1. The van der Waals surface area contributed by atoms with Crippen LogP contribution >= 0.6 is 0 Å². The van der Waals surface area contributed by atoms with Gasteiger partial charge >= 0.3 is 0 Å². The number of aliphatic hydroxyl groups excluding tert-OH is 2. The van der Waals surface area contributed by atoms with Crippen LogP contribution in [-0.4, -0.2) is 83.8 Å². The highest BCUT2D eigenvalue weighted by molar-refractivity contribution is 5.81. The Bertz CT molecular complexity index is 1010. The summed E-state index contributed by atoms with van der Waals surface area (Å²) < 4.78 is 11.6. The molecule has 0 unspecified atom stereocenters. The lowest BCUT2D eigenvalue weighted by atomic mass is 9.95. The molecular formula is C41H73N3O6. The maximum atomic E-state index is 13.6. The molecule has 0 saturated carbocycles. The third kappa shape index (κ3) is 17.9. The van der Waals surface area contributed by atoms with Gasteiger partial charge in [0.2, 0.25) is 11.8 Å². The van der Waals surface area contributed by atoms with Gasteiger partial charge in [0.25, 0.3) is 0 Å². The van der Waals surface area contributed by atoms with Crippen molar-refractivity contribution in [2.24, 2.45) is 11.7 Å². The molecular weight excluding hydrogens is 630 g/mol. The van der Waals surface area contributed by atoms with Gasteiger partial charge in [0.15, 0.2) is 6.29 Å². The second-order valence-corrected chi connectivity index (χ2v) is 15.0. The summed E-state index contributed by atoms with van der Waals surface area (Å²) in [6, 6.07) is 8.57. The molecule has 2 amide bonds. The number of carbonyl (C=O) groups is 2. The highest BCUT2D eigenvalue weighted by Gasteiger charge is 2.46. The van der Waals surface area contributed by atoms with Crippen molar-refractivity contribution in [2.75, 3.05) is 20.2 Å². The van der Waals surface area contributed by atoms with Crippen molar-refractivity contribution in [3.63, 3.8) is 0 Å². The number of unbranched alkanes of at least 4 members (excludes halogenated alkanes) is 15. The zero-order valence-electron chi connectivity index (χ0n) is 32.0. The number of rotatable bonds is 28.